The van der Waals surface area contributed by atoms with Crippen LogP contribution in [-0.2, 0) is 4.74 Å². The summed E-state index contributed by atoms with van der Waals surface area (Å²) >= 11 is 0. The fourth-order valence-electron chi connectivity index (χ4n) is 1.82. The number of benzene rings is 1. The minimum atomic E-state index is -0.538. The zero-order valence-corrected chi connectivity index (χ0v) is 12.6. The number of amides is 1. The van der Waals surface area contributed by atoms with Crippen molar-refractivity contribution >= 4 is 11.8 Å². The first-order chi connectivity index (χ1) is 9.89. The average molecular weight is 289 g/mol. The summed E-state index contributed by atoms with van der Waals surface area (Å²) in [4.78, 5) is 11.8. The molecule has 1 aromatic carbocycles. The van der Waals surface area contributed by atoms with Crippen LogP contribution in [0.4, 0.5) is 10.5 Å². The second-order valence-corrected chi connectivity index (χ2v) is 5.51. The summed E-state index contributed by atoms with van der Waals surface area (Å²) in [7, 11) is 1.58. The molecule has 6 nitrogen and oxygen atoms in total. The highest BCUT2D eigenvalue weighted by molar-refractivity contribution is 5.86. The van der Waals surface area contributed by atoms with Gasteiger partial charge in [-0.2, -0.15) is 5.10 Å². The molecule has 1 amide bonds. The maximum absolute atomic E-state index is 11.8. The normalized spacial score (nSPS) is 11.0. The number of hydrogen-bond acceptors (Lipinski definition) is 4. The van der Waals surface area contributed by atoms with Gasteiger partial charge in [0.25, 0.3) is 0 Å². The zero-order valence-electron chi connectivity index (χ0n) is 12.6. The fourth-order valence-corrected chi connectivity index (χ4v) is 1.82. The molecule has 21 heavy (non-hydrogen) atoms. The number of H-pyrrole nitrogens is 1. The number of ether oxygens (including phenoxy) is 2. The smallest absolute Gasteiger partial charge is 0.412 e. The third-order valence-electron chi connectivity index (χ3n) is 2.64. The van der Waals surface area contributed by atoms with Gasteiger partial charge in [-0.15, -0.1) is 0 Å². The van der Waals surface area contributed by atoms with E-state index in [2.05, 4.69) is 15.5 Å². The summed E-state index contributed by atoms with van der Waals surface area (Å²) < 4.78 is 10.6. The lowest BCUT2D eigenvalue weighted by Crippen LogP contribution is -2.27. The molecule has 0 aliphatic carbocycles. The predicted octanol–water partition coefficient (Wildman–Crippen LogP) is 3.43. The van der Waals surface area contributed by atoms with Crippen LogP contribution in [0.1, 0.15) is 20.8 Å². The average Bonchev–Trinajstić information content (AvgIpc) is 2.89. The number of anilines is 1. The quantitative estimate of drug-likeness (QED) is 0.907. The topological polar surface area (TPSA) is 76.2 Å². The van der Waals surface area contributed by atoms with Crippen LogP contribution < -0.4 is 10.1 Å². The number of aromatic amines is 1. The monoisotopic (exact) mass is 289 g/mol. The van der Waals surface area contributed by atoms with Gasteiger partial charge in [-0.3, -0.25) is 10.4 Å². The van der Waals surface area contributed by atoms with Gasteiger partial charge in [-0.25, -0.2) is 4.79 Å². The third kappa shape index (κ3) is 3.98. The van der Waals surface area contributed by atoms with Gasteiger partial charge in [0.1, 0.15) is 11.4 Å². The Morgan fingerprint density at radius 3 is 2.62 bits per heavy atom. The van der Waals surface area contributed by atoms with Gasteiger partial charge in [0.05, 0.1) is 12.8 Å². The Morgan fingerprint density at radius 2 is 2.05 bits per heavy atom. The van der Waals surface area contributed by atoms with Crippen molar-refractivity contribution in [2.45, 2.75) is 26.4 Å². The Labute approximate surface area is 123 Å². The van der Waals surface area contributed by atoms with Gasteiger partial charge in [0.15, 0.2) is 0 Å². The van der Waals surface area contributed by atoms with E-state index in [1.807, 2.05) is 32.9 Å². The number of nitrogens with one attached hydrogen (secondary N) is 2. The van der Waals surface area contributed by atoms with Crippen molar-refractivity contribution in [2.75, 3.05) is 12.4 Å². The molecule has 0 atom stereocenters. The first-order valence-corrected chi connectivity index (χ1v) is 6.57. The van der Waals surface area contributed by atoms with E-state index in [-0.39, 0.29) is 0 Å². The number of rotatable bonds is 3. The molecule has 2 aromatic rings. The maximum atomic E-state index is 11.8. The lowest BCUT2D eigenvalue weighted by molar-refractivity contribution is 0.0636. The van der Waals surface area contributed by atoms with Gasteiger partial charge in [-0.05, 0) is 39.0 Å². The minimum absolute atomic E-state index is 0.501. The summed E-state index contributed by atoms with van der Waals surface area (Å²) in [6.07, 6.45) is 1.17. The van der Waals surface area contributed by atoms with Crippen LogP contribution in [0.3, 0.4) is 0 Å². The van der Waals surface area contributed by atoms with Crippen molar-refractivity contribution in [1.82, 2.24) is 10.2 Å². The number of carbonyl (C=O) groups is 1. The molecule has 0 saturated carbocycles. The molecule has 0 spiro atoms. The van der Waals surface area contributed by atoms with E-state index in [0.717, 1.165) is 11.3 Å². The second kappa shape index (κ2) is 5.87. The Balaban J connectivity index is 2.18. The molecule has 2 rings (SSSR count). The summed E-state index contributed by atoms with van der Waals surface area (Å²) in [5, 5.41) is 9.47. The predicted molar refractivity (Wildman–Crippen MR) is 80.4 cm³/mol. The molecule has 2 N–H and O–H groups in total. The minimum Gasteiger partial charge on any atom is -0.496 e. The molecule has 0 saturated heterocycles. The molecule has 0 aliphatic rings. The number of aromatic nitrogens is 2. The van der Waals surface area contributed by atoms with E-state index >= 15 is 0 Å². The Morgan fingerprint density at radius 1 is 1.29 bits per heavy atom. The number of methoxy groups -OCH3 is 1. The molecular weight excluding hydrogens is 270 g/mol. The van der Waals surface area contributed by atoms with Crippen LogP contribution in [0.15, 0.2) is 30.5 Å². The molecule has 0 radical (unpaired) electrons. The number of carbonyl (C=O) groups excluding carboxylic acids is 1. The Bertz CT molecular complexity index is 616. The van der Waals surface area contributed by atoms with Crippen LogP contribution in [0.25, 0.3) is 11.3 Å². The lowest BCUT2D eigenvalue weighted by Gasteiger charge is -2.20. The van der Waals surface area contributed by atoms with Gasteiger partial charge in [0.2, 0.25) is 0 Å². The Kier molecular flexibility index (Phi) is 4.16. The lowest BCUT2D eigenvalue weighted by atomic mass is 10.1. The highest BCUT2D eigenvalue weighted by atomic mass is 16.6. The van der Waals surface area contributed by atoms with Crippen molar-refractivity contribution in [3.8, 4) is 17.0 Å². The zero-order chi connectivity index (χ0) is 15.5. The van der Waals surface area contributed by atoms with Crippen LogP contribution >= 0.6 is 0 Å². The van der Waals surface area contributed by atoms with Gasteiger partial charge >= 0.3 is 6.09 Å². The molecule has 0 bridgehead atoms. The highest BCUT2D eigenvalue weighted by Gasteiger charge is 2.17. The van der Waals surface area contributed by atoms with Crippen LogP contribution in [0, 0.1) is 0 Å². The van der Waals surface area contributed by atoms with Crippen LogP contribution in [0.5, 0.6) is 5.75 Å². The molecule has 0 aliphatic heterocycles. The molecule has 6 heteroatoms. The molecule has 0 fully saturated rings. The van der Waals surface area contributed by atoms with E-state index in [1.54, 1.807) is 25.4 Å². The largest absolute Gasteiger partial charge is 0.496 e. The van der Waals surface area contributed by atoms with E-state index in [4.69, 9.17) is 9.47 Å². The van der Waals surface area contributed by atoms with Crippen molar-refractivity contribution in [3.05, 3.63) is 30.5 Å². The number of nitrogens with zero attached hydrogens (tertiary/aromatic N) is 1. The highest BCUT2D eigenvalue weighted by Crippen LogP contribution is 2.31. The van der Waals surface area contributed by atoms with E-state index in [0.29, 0.717) is 11.4 Å². The SMILES string of the molecule is COc1cc(NC(=O)OC(C)(C)C)ccc1-c1ccn[nH]1. The molecule has 112 valence electrons. The van der Waals surface area contributed by atoms with E-state index < -0.39 is 11.7 Å². The van der Waals surface area contributed by atoms with Gasteiger partial charge in [0, 0.05) is 23.5 Å². The van der Waals surface area contributed by atoms with Crippen molar-refractivity contribution in [3.63, 3.8) is 0 Å². The Hall–Kier alpha value is -2.50. The van der Waals surface area contributed by atoms with Crippen LogP contribution in [0.2, 0.25) is 0 Å². The fraction of sp³-hybridized carbons (Fsp3) is 0.333. The third-order valence-corrected chi connectivity index (χ3v) is 2.64. The molecular formula is C15H19N3O3. The van der Waals surface area contributed by atoms with E-state index in [9.17, 15) is 4.79 Å². The van der Waals surface area contributed by atoms with Crippen LogP contribution in [-0.4, -0.2) is 29.0 Å². The summed E-state index contributed by atoms with van der Waals surface area (Å²) in [5.41, 5.74) is 1.77. The molecule has 1 heterocycles. The maximum Gasteiger partial charge on any atom is 0.412 e. The van der Waals surface area contributed by atoms with Crippen molar-refractivity contribution in [1.29, 1.82) is 0 Å². The van der Waals surface area contributed by atoms with E-state index in [1.165, 1.54) is 0 Å². The van der Waals surface area contributed by atoms with Gasteiger partial charge < -0.3 is 9.47 Å². The molecule has 1 aromatic heterocycles. The van der Waals surface area contributed by atoms with Crippen molar-refractivity contribution in [2.24, 2.45) is 0 Å². The second-order valence-electron chi connectivity index (χ2n) is 5.51. The summed E-state index contributed by atoms with van der Waals surface area (Å²) in [5.74, 6) is 0.632. The first kappa shape index (κ1) is 14.9. The number of hydrogen-bond donors (Lipinski definition) is 2. The van der Waals surface area contributed by atoms with Crippen molar-refractivity contribution < 1.29 is 14.3 Å². The molecule has 0 unspecified atom stereocenters. The van der Waals surface area contributed by atoms with Gasteiger partial charge in [-0.1, -0.05) is 0 Å². The summed E-state index contributed by atoms with van der Waals surface area (Å²) in [6.45, 7) is 5.44. The first-order valence-electron chi connectivity index (χ1n) is 6.57. The summed E-state index contributed by atoms with van der Waals surface area (Å²) in [6, 6.07) is 7.21. The standard InChI is InChI=1S/C15H19N3O3/c1-15(2,3)21-14(19)17-10-5-6-11(13(9-10)20-4)12-7-8-16-18-12/h5-9H,1-4H3,(H,16,18)(H,17,19).